The molecule has 116 valence electrons. The molecule has 0 aliphatic rings. The lowest BCUT2D eigenvalue weighted by Crippen LogP contribution is -2.04. The third-order valence-electron chi connectivity index (χ3n) is 2.77. The molecule has 19 heavy (non-hydrogen) atoms. The van der Waals surface area contributed by atoms with Crippen molar-refractivity contribution in [1.82, 2.24) is 0 Å². The number of hydrogen-bond donors (Lipinski definition) is 0. The van der Waals surface area contributed by atoms with E-state index in [0.29, 0.717) is 17.1 Å². The predicted octanol–water partition coefficient (Wildman–Crippen LogP) is 5.87. The van der Waals surface area contributed by atoms with Gasteiger partial charge in [-0.05, 0) is 42.9 Å². The van der Waals surface area contributed by atoms with Crippen molar-refractivity contribution >= 4 is 28.9 Å². The van der Waals surface area contributed by atoms with Gasteiger partial charge in [-0.3, -0.25) is 0 Å². The molecule has 0 N–H and O–H groups in total. The lowest BCUT2D eigenvalue weighted by atomic mass is 10.2. The molecule has 0 aromatic carbocycles. The molecule has 0 bridgehead atoms. The average molecular weight is 327 g/mol. The fourth-order valence-corrected chi connectivity index (χ4v) is 6.99. The van der Waals surface area contributed by atoms with E-state index in [1.807, 2.05) is 0 Å². The molecule has 0 radical (unpaired) electrons. The minimum Gasteiger partial charge on any atom is -0.322 e. The van der Waals surface area contributed by atoms with E-state index in [1.54, 1.807) is 11.4 Å². The molecule has 0 spiro atoms. The molecule has 1 atom stereocenters. The Morgan fingerprint density at radius 1 is 0.947 bits per heavy atom. The van der Waals surface area contributed by atoms with Crippen LogP contribution < -0.4 is 0 Å². The summed E-state index contributed by atoms with van der Waals surface area (Å²) in [7, 11) is 0. The molecule has 0 aliphatic carbocycles. The molecule has 0 heterocycles. The average Bonchev–Trinajstić information content (AvgIpc) is 2.27. The van der Waals surface area contributed by atoms with E-state index in [-0.39, 0.29) is 0 Å². The summed E-state index contributed by atoms with van der Waals surface area (Å²) in [6, 6.07) is 0. The van der Waals surface area contributed by atoms with Crippen LogP contribution in [-0.4, -0.2) is 18.5 Å². The summed E-state index contributed by atoms with van der Waals surface area (Å²) in [6.45, 7) is 14.6. The topological polar surface area (TPSA) is 18.5 Å². The van der Waals surface area contributed by atoms with Crippen LogP contribution in [0.4, 0.5) is 0 Å². The smallest absolute Gasteiger partial charge is 0.247 e. The third-order valence-corrected chi connectivity index (χ3v) is 8.62. The number of rotatable bonds is 11. The Hall–Kier alpha value is 0.920. The van der Waals surface area contributed by atoms with Crippen molar-refractivity contribution in [3.05, 3.63) is 0 Å². The highest BCUT2D eigenvalue weighted by Gasteiger charge is 2.23. The summed E-state index contributed by atoms with van der Waals surface area (Å²) in [4.78, 5) is 0. The van der Waals surface area contributed by atoms with Gasteiger partial charge in [0.15, 0.2) is 0 Å². The lowest BCUT2D eigenvalue weighted by Gasteiger charge is -2.24. The first kappa shape index (κ1) is 19.9. The SMILES string of the molecule is CCC(C)SP(=S)(OCCC(C)C)OCCC(C)C. The van der Waals surface area contributed by atoms with Gasteiger partial charge in [-0.15, -0.1) is 0 Å². The molecule has 0 aliphatic heterocycles. The van der Waals surface area contributed by atoms with Crippen LogP contribution in [0.3, 0.4) is 0 Å². The minimum absolute atomic E-state index is 0.504. The second kappa shape index (κ2) is 10.6. The van der Waals surface area contributed by atoms with Crippen LogP contribution in [0.25, 0.3) is 0 Å². The predicted molar refractivity (Wildman–Crippen MR) is 92.4 cm³/mol. The molecule has 0 amide bonds. The van der Waals surface area contributed by atoms with Crippen LogP contribution in [0, 0.1) is 11.8 Å². The molecule has 1 unspecified atom stereocenters. The summed E-state index contributed by atoms with van der Waals surface area (Å²) in [5.41, 5.74) is -2.15. The normalized spacial score (nSPS) is 14.3. The quantitative estimate of drug-likeness (QED) is 0.442. The Balaban J connectivity index is 4.31. The Kier molecular flexibility index (Phi) is 11.1. The second-order valence-electron chi connectivity index (χ2n) is 5.80. The first-order valence-corrected chi connectivity index (χ1v) is 11.5. The molecule has 0 saturated heterocycles. The highest BCUT2D eigenvalue weighted by molar-refractivity contribution is 8.68. The van der Waals surface area contributed by atoms with Gasteiger partial charge in [0.05, 0.1) is 13.2 Å². The van der Waals surface area contributed by atoms with Crippen LogP contribution >= 0.6 is 17.1 Å². The van der Waals surface area contributed by atoms with Gasteiger partial charge < -0.3 is 9.05 Å². The minimum atomic E-state index is -2.15. The van der Waals surface area contributed by atoms with E-state index >= 15 is 0 Å². The van der Waals surface area contributed by atoms with Crippen molar-refractivity contribution in [2.24, 2.45) is 11.8 Å². The van der Waals surface area contributed by atoms with E-state index in [4.69, 9.17) is 20.9 Å². The zero-order valence-corrected chi connectivity index (χ0v) is 15.9. The van der Waals surface area contributed by atoms with Crippen LogP contribution in [-0.2, 0) is 20.9 Å². The summed E-state index contributed by atoms with van der Waals surface area (Å²) < 4.78 is 11.9. The van der Waals surface area contributed by atoms with Crippen molar-refractivity contribution in [1.29, 1.82) is 0 Å². The van der Waals surface area contributed by atoms with Crippen LogP contribution in [0.5, 0.6) is 0 Å². The van der Waals surface area contributed by atoms with E-state index < -0.39 is 5.69 Å². The Morgan fingerprint density at radius 3 is 1.68 bits per heavy atom. The molecule has 0 aromatic heterocycles. The zero-order valence-electron chi connectivity index (χ0n) is 13.3. The largest absolute Gasteiger partial charge is 0.322 e. The van der Waals surface area contributed by atoms with Gasteiger partial charge in [-0.25, -0.2) is 0 Å². The molecule has 5 heteroatoms. The van der Waals surface area contributed by atoms with Gasteiger partial charge in [-0.1, -0.05) is 52.9 Å². The van der Waals surface area contributed by atoms with Crippen LogP contribution in [0.15, 0.2) is 0 Å². The lowest BCUT2D eigenvalue weighted by molar-refractivity contribution is 0.237. The van der Waals surface area contributed by atoms with Crippen LogP contribution in [0.1, 0.15) is 60.8 Å². The molecule has 0 fully saturated rings. The maximum atomic E-state index is 5.96. The zero-order chi connectivity index (χ0) is 14.9. The van der Waals surface area contributed by atoms with Crippen molar-refractivity contribution in [2.45, 2.75) is 66.1 Å². The summed E-state index contributed by atoms with van der Waals surface area (Å²) in [6.07, 6.45) is 3.20. The molecule has 0 aromatic rings. The van der Waals surface area contributed by atoms with Gasteiger partial charge >= 0.3 is 0 Å². The van der Waals surface area contributed by atoms with Crippen molar-refractivity contribution in [3.63, 3.8) is 0 Å². The molecule has 0 rings (SSSR count). The molecule has 2 nitrogen and oxygen atoms in total. The van der Waals surface area contributed by atoms with Gasteiger partial charge in [0, 0.05) is 5.25 Å². The van der Waals surface area contributed by atoms with E-state index in [9.17, 15) is 0 Å². The highest BCUT2D eigenvalue weighted by Crippen LogP contribution is 2.63. The first-order valence-electron chi connectivity index (χ1n) is 7.36. The third kappa shape index (κ3) is 11.3. The second-order valence-corrected chi connectivity index (χ2v) is 12.4. The van der Waals surface area contributed by atoms with E-state index in [1.165, 1.54) is 0 Å². The maximum Gasteiger partial charge on any atom is 0.247 e. The van der Waals surface area contributed by atoms with Gasteiger partial charge in [0.1, 0.15) is 0 Å². The Labute approximate surface area is 129 Å². The van der Waals surface area contributed by atoms with Crippen molar-refractivity contribution in [3.8, 4) is 0 Å². The van der Waals surface area contributed by atoms with E-state index in [0.717, 1.165) is 32.5 Å². The Bertz CT molecular complexity index is 252. The summed E-state index contributed by atoms with van der Waals surface area (Å²) in [5, 5.41) is 0.504. The first-order chi connectivity index (χ1) is 8.79. The van der Waals surface area contributed by atoms with Gasteiger partial charge in [0.25, 0.3) is 0 Å². The monoisotopic (exact) mass is 326 g/mol. The van der Waals surface area contributed by atoms with Gasteiger partial charge in [-0.2, -0.15) is 0 Å². The fourth-order valence-electron chi connectivity index (χ4n) is 1.19. The molecular formula is C14H31O2PS2. The summed E-state index contributed by atoms with van der Waals surface area (Å²) in [5.74, 6) is 1.29. The van der Waals surface area contributed by atoms with Gasteiger partial charge in [0.2, 0.25) is 5.69 Å². The standard InChI is InChI=1S/C14H31O2PS2/c1-7-14(6)19-17(18,15-10-8-12(2)3)16-11-9-13(4)5/h12-14H,7-11H2,1-6H3. The molecular weight excluding hydrogens is 295 g/mol. The van der Waals surface area contributed by atoms with E-state index in [2.05, 4.69) is 41.5 Å². The number of hydrogen-bond acceptors (Lipinski definition) is 4. The Morgan fingerprint density at radius 2 is 1.37 bits per heavy atom. The van der Waals surface area contributed by atoms with Crippen LogP contribution in [0.2, 0.25) is 0 Å². The highest BCUT2D eigenvalue weighted by atomic mass is 32.9. The van der Waals surface area contributed by atoms with Crippen molar-refractivity contribution in [2.75, 3.05) is 13.2 Å². The molecule has 0 saturated carbocycles. The maximum absolute atomic E-state index is 5.96. The fraction of sp³-hybridized carbons (Fsp3) is 1.00. The summed E-state index contributed by atoms with van der Waals surface area (Å²) >= 11 is 7.41. The van der Waals surface area contributed by atoms with Crippen molar-refractivity contribution < 1.29 is 9.05 Å².